The molecule has 0 spiro atoms. The first kappa shape index (κ1) is 16.7. The number of nitrogens with one attached hydrogen (secondary N) is 1. The minimum absolute atomic E-state index is 0.116. The van der Waals surface area contributed by atoms with Crippen molar-refractivity contribution >= 4 is 25.8 Å². The highest BCUT2D eigenvalue weighted by molar-refractivity contribution is 9.10. The van der Waals surface area contributed by atoms with Gasteiger partial charge in [0, 0.05) is 17.1 Å². The lowest BCUT2D eigenvalue weighted by molar-refractivity contribution is 0.546. The van der Waals surface area contributed by atoms with Crippen LogP contribution in [0.25, 0.3) is 0 Å². The molecule has 0 radical (unpaired) electrons. The summed E-state index contributed by atoms with van der Waals surface area (Å²) in [5.41, 5.74) is 1.13. The topological polar surface area (TPSA) is 46.2 Å². The maximum Gasteiger partial charge on any atom is 0.156 e. The Morgan fingerprint density at radius 2 is 1.84 bits per heavy atom. The second-order valence-corrected chi connectivity index (χ2v) is 9.35. The predicted octanol–water partition coefficient (Wildman–Crippen LogP) is 3.31. The normalized spacial score (nSPS) is 14.4. The summed E-state index contributed by atoms with van der Waals surface area (Å²) in [6, 6.07) is 8.07. The molecule has 1 aromatic carbocycles. The Labute approximate surface area is 124 Å². The monoisotopic (exact) mass is 347 g/mol. The van der Waals surface area contributed by atoms with Crippen molar-refractivity contribution in [2.24, 2.45) is 0 Å². The molecule has 0 amide bonds. The fraction of sp³-hybridized carbons (Fsp3) is 0.571. The molecular weight excluding hydrogens is 326 g/mol. The fourth-order valence-electron chi connectivity index (χ4n) is 1.65. The molecule has 0 saturated heterocycles. The molecule has 1 rings (SSSR count). The summed E-state index contributed by atoms with van der Waals surface area (Å²) in [6.07, 6.45) is 0. The van der Waals surface area contributed by atoms with Gasteiger partial charge in [-0.2, -0.15) is 0 Å². The van der Waals surface area contributed by atoms with Crippen LogP contribution >= 0.6 is 15.9 Å². The highest BCUT2D eigenvalue weighted by Crippen LogP contribution is 2.22. The summed E-state index contributed by atoms with van der Waals surface area (Å²) >= 11 is 3.50. The van der Waals surface area contributed by atoms with Gasteiger partial charge < -0.3 is 5.32 Å². The van der Waals surface area contributed by atoms with Gasteiger partial charge in [0.1, 0.15) is 0 Å². The molecular formula is C14H22BrNO2S. The molecule has 0 unspecified atom stereocenters. The molecule has 0 aliphatic rings. The van der Waals surface area contributed by atoms with Gasteiger partial charge in [-0.05, 0) is 39.3 Å². The van der Waals surface area contributed by atoms with Crippen molar-refractivity contribution in [3.8, 4) is 0 Å². The third-order valence-corrected chi connectivity index (χ3v) is 6.46. The average Bonchev–Trinajstić information content (AvgIpc) is 2.27. The smallest absolute Gasteiger partial charge is 0.156 e. The van der Waals surface area contributed by atoms with E-state index in [9.17, 15) is 8.42 Å². The molecule has 0 fully saturated rings. The van der Waals surface area contributed by atoms with Gasteiger partial charge >= 0.3 is 0 Å². The Balaban J connectivity index is 2.58. The summed E-state index contributed by atoms with van der Waals surface area (Å²) in [5.74, 6) is 0.158. The maximum atomic E-state index is 12.0. The highest BCUT2D eigenvalue weighted by Gasteiger charge is 2.28. The lowest BCUT2D eigenvalue weighted by Gasteiger charge is -2.21. The molecule has 1 N–H and O–H groups in total. The van der Waals surface area contributed by atoms with Crippen molar-refractivity contribution in [3.05, 3.63) is 34.3 Å². The number of sulfone groups is 1. The van der Waals surface area contributed by atoms with E-state index >= 15 is 0 Å². The quantitative estimate of drug-likeness (QED) is 0.888. The van der Waals surface area contributed by atoms with Crippen LogP contribution < -0.4 is 5.32 Å². The first-order chi connectivity index (χ1) is 8.65. The second-order valence-electron chi connectivity index (χ2n) is 5.63. The maximum absolute atomic E-state index is 12.0. The minimum atomic E-state index is -3.06. The Kier molecular flexibility index (Phi) is 5.59. The van der Waals surface area contributed by atoms with Gasteiger partial charge in [0.25, 0.3) is 0 Å². The van der Waals surface area contributed by atoms with E-state index in [0.717, 1.165) is 10.0 Å². The van der Waals surface area contributed by atoms with Crippen molar-refractivity contribution in [3.63, 3.8) is 0 Å². The van der Waals surface area contributed by atoms with Crippen LogP contribution in [0.5, 0.6) is 0 Å². The van der Waals surface area contributed by atoms with Crippen LogP contribution in [0.15, 0.2) is 28.7 Å². The van der Waals surface area contributed by atoms with Crippen molar-refractivity contribution in [2.75, 3.05) is 12.3 Å². The van der Waals surface area contributed by atoms with E-state index in [4.69, 9.17) is 0 Å². The SMILES string of the molecule is C[C@H](NCCS(=O)(=O)C(C)(C)C)c1ccccc1Br. The first-order valence-corrected chi connectivity index (χ1v) is 8.80. The molecule has 108 valence electrons. The molecule has 19 heavy (non-hydrogen) atoms. The van der Waals surface area contributed by atoms with E-state index in [1.54, 1.807) is 20.8 Å². The molecule has 0 heterocycles. The number of halogens is 1. The van der Waals surface area contributed by atoms with Crippen LogP contribution in [0.1, 0.15) is 39.3 Å². The predicted molar refractivity (Wildman–Crippen MR) is 84.1 cm³/mol. The van der Waals surface area contributed by atoms with Crippen molar-refractivity contribution in [1.82, 2.24) is 5.32 Å². The molecule has 1 atom stereocenters. The van der Waals surface area contributed by atoms with Gasteiger partial charge in [-0.25, -0.2) is 8.42 Å². The zero-order valence-corrected chi connectivity index (χ0v) is 14.3. The average molecular weight is 348 g/mol. The Morgan fingerprint density at radius 3 is 2.37 bits per heavy atom. The molecule has 3 nitrogen and oxygen atoms in total. The van der Waals surface area contributed by atoms with Crippen LogP contribution in [0, 0.1) is 0 Å². The van der Waals surface area contributed by atoms with Crippen molar-refractivity contribution in [1.29, 1.82) is 0 Å². The summed E-state index contributed by atoms with van der Waals surface area (Å²) < 4.78 is 24.3. The lowest BCUT2D eigenvalue weighted by Crippen LogP contribution is -2.35. The van der Waals surface area contributed by atoms with Gasteiger partial charge in [-0.1, -0.05) is 34.1 Å². The minimum Gasteiger partial charge on any atom is -0.309 e. The van der Waals surface area contributed by atoms with Crippen LogP contribution in [-0.2, 0) is 9.84 Å². The second kappa shape index (κ2) is 6.37. The number of benzene rings is 1. The van der Waals surface area contributed by atoms with Gasteiger partial charge in [0.15, 0.2) is 9.84 Å². The molecule has 0 aliphatic carbocycles. The van der Waals surface area contributed by atoms with E-state index in [2.05, 4.69) is 21.2 Å². The summed E-state index contributed by atoms with van der Waals surface area (Å²) in [7, 11) is -3.06. The number of rotatable bonds is 5. The molecule has 0 aromatic heterocycles. The molecule has 0 bridgehead atoms. The number of hydrogen-bond donors (Lipinski definition) is 1. The zero-order chi connectivity index (χ0) is 14.7. The standard InChI is InChI=1S/C14H22BrNO2S/c1-11(12-7-5-6-8-13(12)15)16-9-10-19(17,18)14(2,3)4/h5-8,11,16H,9-10H2,1-4H3/t11-/m0/s1. The third-order valence-electron chi connectivity index (χ3n) is 3.13. The van der Waals surface area contributed by atoms with Crippen LogP contribution in [0.4, 0.5) is 0 Å². The van der Waals surface area contributed by atoms with E-state index in [-0.39, 0.29) is 11.8 Å². The molecule has 5 heteroatoms. The molecule has 1 aromatic rings. The van der Waals surface area contributed by atoms with Gasteiger partial charge in [0.05, 0.1) is 10.5 Å². The van der Waals surface area contributed by atoms with E-state index in [1.807, 2.05) is 31.2 Å². The largest absolute Gasteiger partial charge is 0.309 e. The Bertz CT molecular complexity index is 520. The van der Waals surface area contributed by atoms with Gasteiger partial charge in [-0.15, -0.1) is 0 Å². The summed E-state index contributed by atoms with van der Waals surface area (Å²) in [5, 5.41) is 3.26. The van der Waals surface area contributed by atoms with Crippen LogP contribution in [0.3, 0.4) is 0 Å². The molecule has 0 aliphatic heterocycles. The van der Waals surface area contributed by atoms with Crippen LogP contribution in [-0.4, -0.2) is 25.5 Å². The van der Waals surface area contributed by atoms with Crippen LogP contribution in [0.2, 0.25) is 0 Å². The zero-order valence-electron chi connectivity index (χ0n) is 11.9. The lowest BCUT2D eigenvalue weighted by atomic mass is 10.1. The Hall–Kier alpha value is -0.390. The number of hydrogen-bond acceptors (Lipinski definition) is 3. The van der Waals surface area contributed by atoms with E-state index < -0.39 is 14.6 Å². The first-order valence-electron chi connectivity index (χ1n) is 6.35. The van der Waals surface area contributed by atoms with Gasteiger partial charge in [-0.3, -0.25) is 0 Å². The highest BCUT2D eigenvalue weighted by atomic mass is 79.9. The summed E-state index contributed by atoms with van der Waals surface area (Å²) in [6.45, 7) is 7.70. The fourth-order valence-corrected chi connectivity index (χ4v) is 3.28. The van der Waals surface area contributed by atoms with Crippen molar-refractivity contribution < 1.29 is 8.42 Å². The third kappa shape index (κ3) is 4.58. The van der Waals surface area contributed by atoms with Crippen molar-refractivity contribution in [2.45, 2.75) is 38.5 Å². The summed E-state index contributed by atoms with van der Waals surface area (Å²) in [4.78, 5) is 0. The van der Waals surface area contributed by atoms with E-state index in [1.165, 1.54) is 0 Å². The Morgan fingerprint density at radius 1 is 1.26 bits per heavy atom. The van der Waals surface area contributed by atoms with E-state index in [0.29, 0.717) is 6.54 Å². The van der Waals surface area contributed by atoms with Gasteiger partial charge in [0.2, 0.25) is 0 Å². The molecule has 0 saturated carbocycles.